The van der Waals surface area contributed by atoms with Crippen LogP contribution in [0.15, 0.2) is 97.2 Å². The highest BCUT2D eigenvalue weighted by molar-refractivity contribution is 7.92. The van der Waals surface area contributed by atoms with Crippen molar-refractivity contribution in [1.29, 1.82) is 5.26 Å². The molecule has 4 nitrogen and oxygen atoms in total. The Balaban J connectivity index is 1.82. The summed E-state index contributed by atoms with van der Waals surface area (Å²) in [7, 11) is -3.54. The Kier molecular flexibility index (Phi) is 4.97. The lowest BCUT2D eigenvalue weighted by molar-refractivity contribution is 0.158. The first-order chi connectivity index (χ1) is 14.4. The van der Waals surface area contributed by atoms with Crippen molar-refractivity contribution in [2.24, 2.45) is 0 Å². The third-order valence-corrected chi connectivity index (χ3v) is 7.71. The molecule has 1 aliphatic rings. The van der Waals surface area contributed by atoms with Gasteiger partial charge in [0.15, 0.2) is 14.6 Å². The Bertz CT molecular complexity index is 1190. The SMILES string of the molecule is C=C1N(C(c2ccccc2)c2ccccc2)CC1(c1cccc(C#N)c1)S(C)(=O)=O. The van der Waals surface area contributed by atoms with E-state index in [1.54, 1.807) is 24.3 Å². The standard InChI is InChI=1S/C25H22N2O2S/c1-19-25(30(2,28)29,23-15-9-10-20(16-23)17-26)18-27(19)24(21-11-5-3-6-12-21)22-13-7-4-8-14-22/h3-16,24H,1,18H2,2H3. The van der Waals surface area contributed by atoms with Gasteiger partial charge < -0.3 is 4.90 Å². The van der Waals surface area contributed by atoms with E-state index in [0.29, 0.717) is 16.8 Å². The molecule has 4 rings (SSSR count). The maximum atomic E-state index is 13.0. The summed E-state index contributed by atoms with van der Waals surface area (Å²) in [6.45, 7) is 4.50. The molecule has 30 heavy (non-hydrogen) atoms. The van der Waals surface area contributed by atoms with Gasteiger partial charge in [0, 0.05) is 18.5 Å². The lowest BCUT2D eigenvalue weighted by Gasteiger charge is -2.55. The van der Waals surface area contributed by atoms with Crippen LogP contribution in [0.25, 0.3) is 0 Å². The second kappa shape index (κ2) is 7.47. The molecule has 0 radical (unpaired) electrons. The fourth-order valence-electron chi connectivity index (χ4n) is 4.28. The molecule has 1 atom stereocenters. The number of likely N-dealkylation sites (tertiary alicyclic amines) is 1. The maximum absolute atomic E-state index is 13.0. The van der Waals surface area contributed by atoms with Gasteiger partial charge in [-0.15, -0.1) is 0 Å². The Morgan fingerprint density at radius 2 is 1.53 bits per heavy atom. The lowest BCUT2D eigenvalue weighted by atomic mass is 9.82. The molecule has 0 saturated carbocycles. The third-order valence-electron chi connectivity index (χ3n) is 5.84. The van der Waals surface area contributed by atoms with Crippen molar-refractivity contribution in [1.82, 2.24) is 4.90 Å². The fourth-order valence-corrected chi connectivity index (χ4v) is 5.75. The molecule has 1 fully saturated rings. The van der Waals surface area contributed by atoms with Crippen molar-refractivity contribution in [3.63, 3.8) is 0 Å². The van der Waals surface area contributed by atoms with Gasteiger partial charge in [-0.2, -0.15) is 5.26 Å². The first-order valence-electron chi connectivity index (χ1n) is 9.64. The fraction of sp³-hybridized carbons (Fsp3) is 0.160. The van der Waals surface area contributed by atoms with Gasteiger partial charge in [0.25, 0.3) is 0 Å². The van der Waals surface area contributed by atoms with E-state index in [0.717, 1.165) is 11.1 Å². The molecular formula is C25H22N2O2S. The predicted octanol–water partition coefficient (Wildman–Crippen LogP) is 4.42. The number of nitriles is 1. The molecule has 0 amide bonds. The Morgan fingerprint density at radius 3 is 2.00 bits per heavy atom. The molecule has 0 N–H and O–H groups in total. The highest BCUT2D eigenvalue weighted by atomic mass is 32.2. The molecule has 5 heteroatoms. The average Bonchev–Trinajstić information content (AvgIpc) is 2.76. The van der Waals surface area contributed by atoms with Crippen molar-refractivity contribution in [2.75, 3.05) is 12.8 Å². The molecule has 0 bridgehead atoms. The first kappa shape index (κ1) is 19.9. The zero-order chi connectivity index (χ0) is 21.4. The van der Waals surface area contributed by atoms with E-state index in [-0.39, 0.29) is 12.6 Å². The molecule has 0 aliphatic carbocycles. The second-order valence-electron chi connectivity index (χ2n) is 7.59. The van der Waals surface area contributed by atoms with Crippen LogP contribution in [-0.4, -0.2) is 26.1 Å². The molecule has 3 aromatic carbocycles. The second-order valence-corrected chi connectivity index (χ2v) is 9.83. The van der Waals surface area contributed by atoms with Crippen molar-refractivity contribution in [3.05, 3.63) is 119 Å². The van der Waals surface area contributed by atoms with Crippen molar-refractivity contribution < 1.29 is 8.42 Å². The smallest absolute Gasteiger partial charge is 0.164 e. The molecule has 3 aromatic rings. The Morgan fingerprint density at radius 1 is 0.967 bits per heavy atom. The number of hydrogen-bond donors (Lipinski definition) is 0. The van der Waals surface area contributed by atoms with Gasteiger partial charge in [-0.1, -0.05) is 79.4 Å². The van der Waals surface area contributed by atoms with Crippen LogP contribution >= 0.6 is 0 Å². The molecule has 1 aliphatic heterocycles. The predicted molar refractivity (Wildman–Crippen MR) is 118 cm³/mol. The van der Waals surface area contributed by atoms with Crippen LogP contribution < -0.4 is 0 Å². The van der Waals surface area contributed by atoms with E-state index in [9.17, 15) is 13.7 Å². The van der Waals surface area contributed by atoms with Crippen molar-refractivity contribution in [3.8, 4) is 6.07 Å². The Labute approximate surface area is 177 Å². The molecule has 1 saturated heterocycles. The molecule has 150 valence electrons. The van der Waals surface area contributed by atoms with Crippen LogP contribution in [-0.2, 0) is 14.6 Å². The first-order valence-corrected chi connectivity index (χ1v) is 11.5. The summed E-state index contributed by atoms with van der Waals surface area (Å²) in [6, 6.07) is 28.8. The quantitative estimate of drug-likeness (QED) is 0.620. The van der Waals surface area contributed by atoms with E-state index in [4.69, 9.17) is 0 Å². The minimum Gasteiger partial charge on any atom is -0.360 e. The summed E-state index contributed by atoms with van der Waals surface area (Å²) in [4.78, 5) is 2.05. The van der Waals surface area contributed by atoms with Crippen LogP contribution in [0.1, 0.15) is 28.3 Å². The number of sulfone groups is 1. The summed E-state index contributed by atoms with van der Waals surface area (Å²) < 4.78 is 24.8. The van der Waals surface area contributed by atoms with E-state index >= 15 is 0 Å². The monoisotopic (exact) mass is 414 g/mol. The number of hydrogen-bond acceptors (Lipinski definition) is 4. The van der Waals surface area contributed by atoms with Gasteiger partial charge in [-0.25, -0.2) is 8.42 Å². The van der Waals surface area contributed by atoms with Gasteiger partial charge in [-0.05, 0) is 28.8 Å². The van der Waals surface area contributed by atoms with E-state index in [2.05, 4.69) is 12.6 Å². The topological polar surface area (TPSA) is 61.2 Å². The van der Waals surface area contributed by atoms with Gasteiger partial charge in [0.05, 0.1) is 17.7 Å². The van der Waals surface area contributed by atoms with Crippen LogP contribution in [0.3, 0.4) is 0 Å². The molecule has 1 unspecified atom stereocenters. The van der Waals surface area contributed by atoms with Crippen LogP contribution in [0.4, 0.5) is 0 Å². The summed E-state index contributed by atoms with van der Waals surface area (Å²) in [5.41, 5.74) is 3.68. The minimum atomic E-state index is -3.54. The molecule has 1 heterocycles. The number of benzene rings is 3. The van der Waals surface area contributed by atoms with Crippen LogP contribution in [0.5, 0.6) is 0 Å². The van der Waals surface area contributed by atoms with Gasteiger partial charge in [0.2, 0.25) is 0 Å². The zero-order valence-corrected chi connectivity index (χ0v) is 17.5. The number of nitrogens with zero attached hydrogens (tertiary/aromatic N) is 2. The molecule has 0 aromatic heterocycles. The summed E-state index contributed by atoms with van der Waals surface area (Å²) in [6.07, 6.45) is 1.24. The maximum Gasteiger partial charge on any atom is 0.164 e. The Hall–Kier alpha value is -3.36. The van der Waals surface area contributed by atoms with Gasteiger partial charge in [-0.3, -0.25) is 0 Å². The lowest BCUT2D eigenvalue weighted by Crippen LogP contribution is -2.61. The van der Waals surface area contributed by atoms with E-state index in [1.807, 2.05) is 65.6 Å². The normalized spacial score (nSPS) is 18.7. The summed E-state index contributed by atoms with van der Waals surface area (Å²) in [5, 5.41) is 9.29. The van der Waals surface area contributed by atoms with E-state index < -0.39 is 14.6 Å². The average molecular weight is 415 g/mol. The zero-order valence-electron chi connectivity index (χ0n) is 16.7. The highest BCUT2D eigenvalue weighted by Crippen LogP contribution is 2.52. The van der Waals surface area contributed by atoms with Crippen molar-refractivity contribution >= 4 is 9.84 Å². The van der Waals surface area contributed by atoms with Gasteiger partial charge in [0.1, 0.15) is 0 Å². The third kappa shape index (κ3) is 3.10. The molecular weight excluding hydrogens is 392 g/mol. The minimum absolute atomic E-state index is 0.145. The van der Waals surface area contributed by atoms with Crippen LogP contribution in [0, 0.1) is 11.3 Å². The van der Waals surface area contributed by atoms with E-state index in [1.165, 1.54) is 6.26 Å². The van der Waals surface area contributed by atoms with Crippen molar-refractivity contribution in [2.45, 2.75) is 10.8 Å². The number of rotatable bonds is 5. The summed E-state index contributed by atoms with van der Waals surface area (Å²) >= 11 is 0. The largest absolute Gasteiger partial charge is 0.360 e. The molecule has 0 spiro atoms. The van der Waals surface area contributed by atoms with Crippen LogP contribution in [0.2, 0.25) is 0 Å². The summed E-state index contributed by atoms with van der Waals surface area (Å²) in [5.74, 6) is 0. The highest BCUT2D eigenvalue weighted by Gasteiger charge is 2.57. The van der Waals surface area contributed by atoms with Gasteiger partial charge >= 0.3 is 0 Å².